The summed E-state index contributed by atoms with van der Waals surface area (Å²) >= 11 is 0. The number of ether oxygens (including phenoxy) is 1. The Labute approximate surface area is 120 Å². The number of nitrogens with zero attached hydrogens (tertiary/aromatic N) is 3. The van der Waals surface area contributed by atoms with Crippen LogP contribution in [0, 0.1) is 0 Å². The minimum atomic E-state index is -0.118. The molecule has 0 aliphatic heterocycles. The van der Waals surface area contributed by atoms with E-state index in [0.717, 1.165) is 17.8 Å². The van der Waals surface area contributed by atoms with Gasteiger partial charge in [-0.1, -0.05) is 0 Å². The lowest BCUT2D eigenvalue weighted by atomic mass is 10.00. The summed E-state index contributed by atoms with van der Waals surface area (Å²) in [6, 6.07) is 8.47. The number of nitrogens with one attached hydrogen (secondary N) is 1. The Kier molecular flexibility index (Phi) is 4.39. The molecule has 20 heavy (non-hydrogen) atoms. The predicted octanol–water partition coefficient (Wildman–Crippen LogP) is 2.88. The summed E-state index contributed by atoms with van der Waals surface area (Å²) in [6.45, 7) is 6.35. The van der Waals surface area contributed by atoms with Gasteiger partial charge in [0.25, 0.3) is 0 Å². The first-order valence-corrected chi connectivity index (χ1v) is 6.77. The number of aromatic nitrogens is 3. The van der Waals surface area contributed by atoms with E-state index in [1.165, 1.54) is 6.33 Å². The lowest BCUT2D eigenvalue weighted by molar-refractivity contribution is 0.0128. The highest BCUT2D eigenvalue weighted by Crippen LogP contribution is 2.19. The first-order chi connectivity index (χ1) is 9.50. The van der Waals surface area contributed by atoms with Crippen LogP contribution in [0.1, 0.15) is 27.2 Å². The largest absolute Gasteiger partial charge is 0.382 e. The molecule has 1 heterocycles. The maximum absolute atomic E-state index is 5.46. The summed E-state index contributed by atoms with van der Waals surface area (Å²) in [6.07, 6.45) is 4.15. The average molecular weight is 274 g/mol. The number of methoxy groups -OCH3 is 1. The van der Waals surface area contributed by atoms with Crippen molar-refractivity contribution in [2.24, 2.45) is 0 Å². The first kappa shape index (κ1) is 14.5. The van der Waals surface area contributed by atoms with E-state index in [0.29, 0.717) is 6.04 Å². The van der Waals surface area contributed by atoms with Crippen LogP contribution < -0.4 is 5.32 Å². The van der Waals surface area contributed by atoms with Crippen molar-refractivity contribution in [2.45, 2.75) is 38.8 Å². The second-order valence-corrected chi connectivity index (χ2v) is 5.60. The molecule has 1 aromatic carbocycles. The smallest absolute Gasteiger partial charge is 0.138 e. The monoisotopic (exact) mass is 274 g/mol. The number of benzene rings is 1. The maximum atomic E-state index is 5.46. The van der Waals surface area contributed by atoms with Gasteiger partial charge in [0, 0.05) is 18.8 Å². The summed E-state index contributed by atoms with van der Waals surface area (Å²) < 4.78 is 7.19. The highest BCUT2D eigenvalue weighted by Gasteiger charge is 2.19. The molecule has 108 valence electrons. The molecule has 0 aliphatic rings. The van der Waals surface area contributed by atoms with Crippen molar-refractivity contribution in [3.63, 3.8) is 0 Å². The van der Waals surface area contributed by atoms with Gasteiger partial charge < -0.3 is 10.1 Å². The average Bonchev–Trinajstić information content (AvgIpc) is 2.93. The molecule has 2 aromatic rings. The fourth-order valence-electron chi connectivity index (χ4n) is 2.21. The van der Waals surface area contributed by atoms with Gasteiger partial charge in [-0.05, 0) is 51.5 Å². The van der Waals surface area contributed by atoms with Crippen molar-refractivity contribution >= 4 is 5.69 Å². The van der Waals surface area contributed by atoms with Gasteiger partial charge in [0.2, 0.25) is 0 Å². The van der Waals surface area contributed by atoms with E-state index in [1.54, 1.807) is 18.1 Å². The quantitative estimate of drug-likeness (QED) is 0.880. The predicted molar refractivity (Wildman–Crippen MR) is 80.1 cm³/mol. The summed E-state index contributed by atoms with van der Waals surface area (Å²) in [4.78, 5) is 3.94. The van der Waals surface area contributed by atoms with Crippen LogP contribution in [-0.2, 0) is 4.74 Å². The Bertz CT molecular complexity index is 519. The zero-order chi connectivity index (χ0) is 14.6. The first-order valence-electron chi connectivity index (χ1n) is 6.77. The van der Waals surface area contributed by atoms with Crippen molar-refractivity contribution in [1.29, 1.82) is 0 Å². The van der Waals surface area contributed by atoms with Crippen LogP contribution in [0.5, 0.6) is 0 Å². The molecule has 5 heteroatoms. The second kappa shape index (κ2) is 6.05. The SMILES string of the molecule is COC(C)(C)CC(C)Nc1ccc(-n2cncn2)cc1. The van der Waals surface area contributed by atoms with E-state index < -0.39 is 0 Å². The molecule has 1 atom stereocenters. The molecular formula is C15H22N4O. The molecule has 1 aromatic heterocycles. The van der Waals surface area contributed by atoms with E-state index in [4.69, 9.17) is 4.74 Å². The van der Waals surface area contributed by atoms with E-state index in [1.807, 2.05) is 24.3 Å². The Balaban J connectivity index is 1.97. The minimum absolute atomic E-state index is 0.118. The number of anilines is 1. The van der Waals surface area contributed by atoms with E-state index in [2.05, 4.69) is 36.2 Å². The third-order valence-corrected chi connectivity index (χ3v) is 3.31. The van der Waals surface area contributed by atoms with Gasteiger partial charge in [-0.25, -0.2) is 9.67 Å². The molecule has 0 saturated heterocycles. The van der Waals surface area contributed by atoms with Crippen LogP contribution >= 0.6 is 0 Å². The van der Waals surface area contributed by atoms with Crippen LogP contribution in [0.3, 0.4) is 0 Å². The van der Waals surface area contributed by atoms with Gasteiger partial charge in [-0.3, -0.25) is 0 Å². The standard InChI is InChI=1S/C15H22N4O/c1-12(9-15(2,3)20-4)18-13-5-7-14(8-6-13)19-11-16-10-17-19/h5-8,10-12,18H,9H2,1-4H3. The topological polar surface area (TPSA) is 52.0 Å². The fourth-order valence-corrected chi connectivity index (χ4v) is 2.21. The van der Waals surface area contributed by atoms with Crippen LogP contribution in [0.4, 0.5) is 5.69 Å². The summed E-state index contributed by atoms with van der Waals surface area (Å²) in [5.74, 6) is 0. The van der Waals surface area contributed by atoms with E-state index >= 15 is 0 Å². The molecular weight excluding hydrogens is 252 g/mol. The molecule has 0 amide bonds. The lowest BCUT2D eigenvalue weighted by Gasteiger charge is -2.27. The number of rotatable bonds is 6. The normalized spacial score (nSPS) is 13.2. The van der Waals surface area contributed by atoms with Crippen molar-refractivity contribution < 1.29 is 4.74 Å². The Hall–Kier alpha value is -1.88. The molecule has 0 aliphatic carbocycles. The second-order valence-electron chi connectivity index (χ2n) is 5.60. The summed E-state index contributed by atoms with van der Waals surface area (Å²) in [5, 5.41) is 7.58. The highest BCUT2D eigenvalue weighted by atomic mass is 16.5. The molecule has 0 spiro atoms. The molecule has 0 radical (unpaired) electrons. The van der Waals surface area contributed by atoms with Crippen molar-refractivity contribution in [3.05, 3.63) is 36.9 Å². The molecule has 0 bridgehead atoms. The van der Waals surface area contributed by atoms with Crippen LogP contribution in [-0.4, -0.2) is 33.5 Å². The summed E-state index contributed by atoms with van der Waals surface area (Å²) in [7, 11) is 1.75. The van der Waals surface area contributed by atoms with Gasteiger partial charge in [-0.2, -0.15) is 5.10 Å². The molecule has 5 nitrogen and oxygen atoms in total. The Morgan fingerprint density at radius 1 is 1.30 bits per heavy atom. The zero-order valence-electron chi connectivity index (χ0n) is 12.5. The molecule has 1 unspecified atom stereocenters. The summed E-state index contributed by atoms with van der Waals surface area (Å²) in [5.41, 5.74) is 1.97. The molecule has 1 N–H and O–H groups in total. The van der Waals surface area contributed by atoms with Crippen molar-refractivity contribution in [2.75, 3.05) is 12.4 Å². The number of hydrogen-bond donors (Lipinski definition) is 1. The van der Waals surface area contributed by atoms with Gasteiger partial charge in [0.05, 0.1) is 11.3 Å². The van der Waals surface area contributed by atoms with Crippen LogP contribution in [0.15, 0.2) is 36.9 Å². The fraction of sp³-hybridized carbons (Fsp3) is 0.467. The van der Waals surface area contributed by atoms with Crippen molar-refractivity contribution in [1.82, 2.24) is 14.8 Å². The van der Waals surface area contributed by atoms with Gasteiger partial charge in [0.1, 0.15) is 12.7 Å². The Morgan fingerprint density at radius 3 is 2.55 bits per heavy atom. The van der Waals surface area contributed by atoms with Crippen LogP contribution in [0.2, 0.25) is 0 Å². The van der Waals surface area contributed by atoms with Gasteiger partial charge in [0.15, 0.2) is 0 Å². The zero-order valence-corrected chi connectivity index (χ0v) is 12.5. The van der Waals surface area contributed by atoms with Crippen molar-refractivity contribution in [3.8, 4) is 5.69 Å². The number of hydrogen-bond acceptors (Lipinski definition) is 4. The lowest BCUT2D eigenvalue weighted by Crippen LogP contribution is -2.31. The Morgan fingerprint density at radius 2 is 2.00 bits per heavy atom. The van der Waals surface area contributed by atoms with Gasteiger partial charge >= 0.3 is 0 Å². The third-order valence-electron chi connectivity index (χ3n) is 3.31. The minimum Gasteiger partial charge on any atom is -0.382 e. The van der Waals surface area contributed by atoms with E-state index in [-0.39, 0.29) is 5.60 Å². The molecule has 2 rings (SSSR count). The van der Waals surface area contributed by atoms with E-state index in [9.17, 15) is 0 Å². The molecule has 0 saturated carbocycles. The van der Waals surface area contributed by atoms with Crippen LogP contribution in [0.25, 0.3) is 5.69 Å². The third kappa shape index (κ3) is 3.81. The molecule has 0 fully saturated rings. The van der Waals surface area contributed by atoms with Gasteiger partial charge in [-0.15, -0.1) is 0 Å². The maximum Gasteiger partial charge on any atom is 0.138 e. The highest BCUT2D eigenvalue weighted by molar-refractivity contribution is 5.48.